The summed E-state index contributed by atoms with van der Waals surface area (Å²) in [6.07, 6.45) is 2.17. The van der Waals surface area contributed by atoms with E-state index in [1.165, 1.54) is 5.56 Å². The van der Waals surface area contributed by atoms with Crippen molar-refractivity contribution >= 4 is 16.8 Å². The summed E-state index contributed by atoms with van der Waals surface area (Å²) in [6.45, 7) is 6.38. The lowest BCUT2D eigenvalue weighted by Gasteiger charge is -2.31. The SMILES string of the molecule is CCOC1CCN(C(=O)c2cc3ccc(C)cc3[nH]2)CC1. The predicted molar refractivity (Wildman–Crippen MR) is 83.6 cm³/mol. The molecule has 21 heavy (non-hydrogen) atoms. The predicted octanol–water partition coefficient (Wildman–Crippen LogP) is 3.12. The van der Waals surface area contributed by atoms with Crippen LogP contribution >= 0.6 is 0 Å². The van der Waals surface area contributed by atoms with Gasteiger partial charge in [-0.05, 0) is 44.4 Å². The maximum atomic E-state index is 12.6. The molecule has 4 heteroatoms. The Morgan fingerprint density at radius 2 is 2.10 bits per heavy atom. The average molecular weight is 286 g/mol. The molecule has 0 aliphatic carbocycles. The van der Waals surface area contributed by atoms with Crippen LogP contribution in [0.3, 0.4) is 0 Å². The molecule has 3 rings (SSSR count). The Bertz CT molecular complexity index is 639. The van der Waals surface area contributed by atoms with Gasteiger partial charge >= 0.3 is 0 Å². The average Bonchev–Trinajstić information content (AvgIpc) is 2.90. The zero-order chi connectivity index (χ0) is 14.8. The summed E-state index contributed by atoms with van der Waals surface area (Å²) in [5, 5.41) is 1.09. The Morgan fingerprint density at radius 1 is 1.33 bits per heavy atom. The standard InChI is InChI=1S/C17H22N2O2/c1-3-21-14-6-8-19(9-7-14)17(20)16-11-13-5-4-12(2)10-15(13)18-16/h4-5,10-11,14,18H,3,6-9H2,1-2H3. The van der Waals surface area contributed by atoms with E-state index in [2.05, 4.69) is 30.1 Å². The van der Waals surface area contributed by atoms with Crippen molar-refractivity contribution in [3.63, 3.8) is 0 Å². The highest BCUT2D eigenvalue weighted by molar-refractivity contribution is 5.98. The normalized spacial score (nSPS) is 16.6. The van der Waals surface area contributed by atoms with Gasteiger partial charge in [0, 0.05) is 30.6 Å². The van der Waals surface area contributed by atoms with Gasteiger partial charge in [0.25, 0.3) is 5.91 Å². The summed E-state index contributed by atoms with van der Waals surface area (Å²) < 4.78 is 5.63. The van der Waals surface area contributed by atoms with E-state index in [9.17, 15) is 4.79 Å². The highest BCUT2D eigenvalue weighted by Gasteiger charge is 2.24. The van der Waals surface area contributed by atoms with E-state index in [1.807, 2.05) is 17.9 Å². The number of aromatic amines is 1. The second kappa shape index (κ2) is 5.90. The number of carbonyl (C=O) groups excluding carboxylic acids is 1. The van der Waals surface area contributed by atoms with Crippen LogP contribution in [0.4, 0.5) is 0 Å². The number of nitrogens with one attached hydrogen (secondary N) is 1. The fourth-order valence-corrected chi connectivity index (χ4v) is 2.99. The molecule has 1 saturated heterocycles. The molecule has 1 amide bonds. The molecule has 0 bridgehead atoms. The molecule has 2 aromatic rings. The number of aryl methyl sites for hydroxylation is 1. The number of fused-ring (bicyclic) bond motifs is 1. The van der Waals surface area contributed by atoms with Gasteiger partial charge in [0.05, 0.1) is 6.10 Å². The van der Waals surface area contributed by atoms with Crippen molar-refractivity contribution in [3.05, 3.63) is 35.5 Å². The number of ether oxygens (including phenoxy) is 1. The van der Waals surface area contributed by atoms with Crippen LogP contribution in [0.15, 0.2) is 24.3 Å². The van der Waals surface area contributed by atoms with Crippen molar-refractivity contribution in [2.45, 2.75) is 32.8 Å². The van der Waals surface area contributed by atoms with Crippen LogP contribution in [0.25, 0.3) is 10.9 Å². The third-order valence-electron chi connectivity index (χ3n) is 4.14. The summed E-state index contributed by atoms with van der Waals surface area (Å²) >= 11 is 0. The minimum Gasteiger partial charge on any atom is -0.378 e. The fraction of sp³-hybridized carbons (Fsp3) is 0.471. The highest BCUT2D eigenvalue weighted by atomic mass is 16.5. The molecule has 1 N–H and O–H groups in total. The number of rotatable bonds is 3. The summed E-state index contributed by atoms with van der Waals surface area (Å²) in [7, 11) is 0. The topological polar surface area (TPSA) is 45.3 Å². The van der Waals surface area contributed by atoms with Gasteiger partial charge in [0.2, 0.25) is 0 Å². The molecular weight excluding hydrogens is 264 g/mol. The van der Waals surface area contributed by atoms with Crippen molar-refractivity contribution in [1.82, 2.24) is 9.88 Å². The third kappa shape index (κ3) is 2.95. The number of nitrogens with zero attached hydrogens (tertiary/aromatic N) is 1. The van der Waals surface area contributed by atoms with E-state index in [0.29, 0.717) is 11.8 Å². The third-order valence-corrected chi connectivity index (χ3v) is 4.14. The minimum atomic E-state index is 0.0961. The van der Waals surface area contributed by atoms with Crippen LogP contribution in [0.5, 0.6) is 0 Å². The molecule has 0 unspecified atom stereocenters. The largest absolute Gasteiger partial charge is 0.378 e. The van der Waals surface area contributed by atoms with Crippen molar-refractivity contribution in [2.75, 3.05) is 19.7 Å². The first-order valence-corrected chi connectivity index (χ1v) is 7.67. The highest BCUT2D eigenvalue weighted by Crippen LogP contribution is 2.20. The van der Waals surface area contributed by atoms with Gasteiger partial charge < -0.3 is 14.6 Å². The van der Waals surface area contributed by atoms with Gasteiger partial charge in [-0.15, -0.1) is 0 Å². The van der Waals surface area contributed by atoms with Gasteiger partial charge in [-0.1, -0.05) is 12.1 Å². The van der Waals surface area contributed by atoms with Crippen molar-refractivity contribution in [3.8, 4) is 0 Å². The number of likely N-dealkylation sites (tertiary alicyclic amines) is 1. The number of H-pyrrole nitrogens is 1. The lowest BCUT2D eigenvalue weighted by atomic mass is 10.1. The van der Waals surface area contributed by atoms with Crippen LogP contribution < -0.4 is 0 Å². The van der Waals surface area contributed by atoms with Gasteiger partial charge in [-0.3, -0.25) is 4.79 Å². The molecule has 0 atom stereocenters. The molecule has 1 aromatic heterocycles. The summed E-state index contributed by atoms with van der Waals surface area (Å²) in [5.41, 5.74) is 2.91. The maximum Gasteiger partial charge on any atom is 0.270 e. The molecule has 0 saturated carbocycles. The number of benzene rings is 1. The Labute approximate surface area is 125 Å². The van der Waals surface area contributed by atoms with Gasteiger partial charge in [-0.25, -0.2) is 0 Å². The summed E-state index contributed by atoms with van der Waals surface area (Å²) in [6, 6.07) is 8.15. The van der Waals surface area contributed by atoms with E-state index >= 15 is 0 Å². The molecule has 2 heterocycles. The van der Waals surface area contributed by atoms with E-state index < -0.39 is 0 Å². The number of hydrogen-bond donors (Lipinski definition) is 1. The number of aromatic nitrogens is 1. The monoisotopic (exact) mass is 286 g/mol. The zero-order valence-electron chi connectivity index (χ0n) is 12.7. The Morgan fingerprint density at radius 3 is 2.81 bits per heavy atom. The lowest BCUT2D eigenvalue weighted by Crippen LogP contribution is -2.41. The first-order valence-electron chi connectivity index (χ1n) is 7.67. The molecule has 0 radical (unpaired) electrons. The van der Waals surface area contributed by atoms with E-state index in [4.69, 9.17) is 4.74 Å². The van der Waals surface area contributed by atoms with E-state index in [1.54, 1.807) is 0 Å². The minimum absolute atomic E-state index is 0.0961. The maximum absolute atomic E-state index is 12.6. The smallest absolute Gasteiger partial charge is 0.270 e. The van der Waals surface area contributed by atoms with E-state index in [-0.39, 0.29) is 5.91 Å². The quantitative estimate of drug-likeness (QED) is 0.942. The second-order valence-electron chi connectivity index (χ2n) is 5.72. The van der Waals surface area contributed by atoms with Crippen LogP contribution in [0, 0.1) is 6.92 Å². The van der Waals surface area contributed by atoms with Crippen LogP contribution in [-0.4, -0.2) is 41.6 Å². The lowest BCUT2D eigenvalue weighted by molar-refractivity contribution is 0.0144. The number of hydrogen-bond acceptors (Lipinski definition) is 2. The first-order chi connectivity index (χ1) is 10.2. The van der Waals surface area contributed by atoms with Gasteiger partial charge in [0.15, 0.2) is 0 Å². The molecule has 0 spiro atoms. The van der Waals surface area contributed by atoms with Crippen LogP contribution in [0.2, 0.25) is 0 Å². The van der Waals surface area contributed by atoms with Gasteiger partial charge in [-0.2, -0.15) is 0 Å². The Balaban J connectivity index is 1.72. The van der Waals surface area contributed by atoms with Gasteiger partial charge in [0.1, 0.15) is 5.69 Å². The Kier molecular flexibility index (Phi) is 3.97. The number of amides is 1. The van der Waals surface area contributed by atoms with Crippen LogP contribution in [0.1, 0.15) is 35.8 Å². The molecule has 1 aliphatic heterocycles. The molecule has 1 aromatic carbocycles. The molecule has 1 aliphatic rings. The molecular formula is C17H22N2O2. The summed E-state index contributed by atoms with van der Waals surface area (Å²) in [4.78, 5) is 17.7. The Hall–Kier alpha value is -1.81. The second-order valence-corrected chi connectivity index (χ2v) is 5.72. The van der Waals surface area contributed by atoms with Crippen LogP contribution in [-0.2, 0) is 4.74 Å². The van der Waals surface area contributed by atoms with E-state index in [0.717, 1.165) is 43.4 Å². The number of carbonyl (C=O) groups is 1. The van der Waals surface area contributed by atoms with Crippen molar-refractivity contribution in [1.29, 1.82) is 0 Å². The molecule has 4 nitrogen and oxygen atoms in total. The van der Waals surface area contributed by atoms with Crippen molar-refractivity contribution in [2.24, 2.45) is 0 Å². The van der Waals surface area contributed by atoms with Crippen molar-refractivity contribution < 1.29 is 9.53 Å². The molecule has 112 valence electrons. The zero-order valence-corrected chi connectivity index (χ0v) is 12.7. The number of piperidine rings is 1. The fourth-order valence-electron chi connectivity index (χ4n) is 2.99. The summed E-state index contributed by atoms with van der Waals surface area (Å²) in [5.74, 6) is 0.0961. The molecule has 1 fully saturated rings. The first kappa shape index (κ1) is 14.1.